The summed E-state index contributed by atoms with van der Waals surface area (Å²) in [4.78, 5) is 24.8. The van der Waals surface area contributed by atoms with Crippen molar-refractivity contribution in [2.24, 2.45) is 7.05 Å². The fraction of sp³-hybridized carbons (Fsp3) is 0.391. The Hall–Kier alpha value is -2.94. The van der Waals surface area contributed by atoms with Gasteiger partial charge in [0.1, 0.15) is 4.83 Å². The molecule has 0 radical (unpaired) electrons. The Morgan fingerprint density at radius 2 is 2.09 bits per heavy atom. The van der Waals surface area contributed by atoms with Crippen LogP contribution in [0.5, 0.6) is 0 Å². The van der Waals surface area contributed by atoms with E-state index in [9.17, 15) is 13.6 Å². The molecule has 164 valence electrons. The normalized spacial score (nSPS) is 18.5. The van der Waals surface area contributed by atoms with E-state index >= 15 is 0 Å². The van der Waals surface area contributed by atoms with Crippen LogP contribution in [0.1, 0.15) is 46.8 Å². The van der Waals surface area contributed by atoms with Gasteiger partial charge in [0.2, 0.25) is 0 Å². The first-order valence-corrected chi connectivity index (χ1v) is 11.6. The lowest BCUT2D eigenvalue weighted by Gasteiger charge is -2.32. The number of aromatic nitrogens is 4. The number of piperidine rings is 1. The Kier molecular flexibility index (Phi) is 4.33. The molecule has 0 bridgehead atoms. The maximum Gasteiger partial charge on any atom is 0.265 e. The van der Waals surface area contributed by atoms with Crippen LogP contribution in [0.25, 0.3) is 32.5 Å². The van der Waals surface area contributed by atoms with Gasteiger partial charge in [-0.1, -0.05) is 0 Å². The highest BCUT2D eigenvalue weighted by Gasteiger charge is 2.38. The molecule has 0 N–H and O–H groups in total. The number of aryl methyl sites for hydroxylation is 1. The average Bonchev–Trinajstić information content (AvgIpc) is 3.39. The Balaban J connectivity index is 1.42. The summed E-state index contributed by atoms with van der Waals surface area (Å²) in [5.74, 6) is -2.69. The van der Waals surface area contributed by atoms with Gasteiger partial charge in [0.25, 0.3) is 11.8 Å². The second kappa shape index (κ2) is 7.03. The van der Waals surface area contributed by atoms with Gasteiger partial charge in [0, 0.05) is 48.7 Å². The van der Waals surface area contributed by atoms with E-state index in [1.165, 1.54) is 21.8 Å². The summed E-state index contributed by atoms with van der Waals surface area (Å²) in [5.41, 5.74) is 3.56. The van der Waals surface area contributed by atoms with Gasteiger partial charge in [-0.2, -0.15) is 5.10 Å². The van der Waals surface area contributed by atoms with E-state index in [1.807, 2.05) is 25.4 Å². The van der Waals surface area contributed by atoms with Crippen LogP contribution in [0.4, 0.5) is 8.78 Å². The molecule has 6 rings (SSSR count). The van der Waals surface area contributed by atoms with E-state index in [2.05, 4.69) is 16.1 Å². The number of hydrogen-bond acceptors (Lipinski definition) is 5. The molecular formula is C23H21F2N5OS. The molecule has 5 heterocycles. The lowest BCUT2D eigenvalue weighted by molar-refractivity contribution is -0.0559. The molecule has 1 aliphatic carbocycles. The molecule has 32 heavy (non-hydrogen) atoms. The smallest absolute Gasteiger partial charge is 0.265 e. The van der Waals surface area contributed by atoms with Gasteiger partial charge in [-0.3, -0.25) is 9.48 Å². The summed E-state index contributed by atoms with van der Waals surface area (Å²) >= 11 is 1.29. The Labute approximate surface area is 186 Å². The number of carbonyl (C=O) groups is 1. The van der Waals surface area contributed by atoms with E-state index in [0.717, 1.165) is 39.7 Å². The summed E-state index contributed by atoms with van der Waals surface area (Å²) in [6, 6.07) is 5.97. The maximum atomic E-state index is 13.9. The lowest BCUT2D eigenvalue weighted by Crippen LogP contribution is -2.45. The molecule has 6 nitrogen and oxygen atoms in total. The number of nitrogens with zero attached hydrogens (tertiary/aromatic N) is 5. The van der Waals surface area contributed by atoms with E-state index in [4.69, 9.17) is 4.98 Å². The molecule has 1 aliphatic heterocycles. The first-order chi connectivity index (χ1) is 15.4. The SMILES string of the molecule is Cn1cc2cc(-c3cc(C4CC4)c4cc(C(=O)N5CCCC(F)(F)C5)sc4n3)cnc2n1. The van der Waals surface area contributed by atoms with Gasteiger partial charge >= 0.3 is 0 Å². The van der Waals surface area contributed by atoms with E-state index in [0.29, 0.717) is 29.4 Å². The molecule has 9 heteroatoms. The summed E-state index contributed by atoms with van der Waals surface area (Å²) in [7, 11) is 1.86. The number of carbonyl (C=O) groups excluding carboxylic acids is 1. The van der Waals surface area contributed by atoms with Crippen molar-refractivity contribution in [2.75, 3.05) is 13.1 Å². The van der Waals surface area contributed by atoms with Crippen molar-refractivity contribution in [3.05, 3.63) is 41.0 Å². The summed E-state index contributed by atoms with van der Waals surface area (Å²) in [6.45, 7) is -0.140. The van der Waals surface area contributed by atoms with Gasteiger partial charge in [-0.25, -0.2) is 18.7 Å². The predicted molar refractivity (Wildman–Crippen MR) is 119 cm³/mol. The van der Waals surface area contributed by atoms with Gasteiger partial charge in [-0.15, -0.1) is 11.3 Å². The molecule has 2 aliphatic rings. The third-order valence-corrected chi connectivity index (χ3v) is 7.23. The standard InChI is InChI=1S/C23H21F2N5OS/c1-29-11-15-7-14(10-26-20(15)28-29)18-8-16(13-3-4-13)17-9-19(32-21(17)27-18)22(31)30-6-2-5-23(24,25)12-30/h7-11,13H,2-6,12H2,1H3. The number of thiophene rings is 1. The molecule has 0 spiro atoms. The molecule has 1 amide bonds. The van der Waals surface area contributed by atoms with Crippen molar-refractivity contribution in [3.63, 3.8) is 0 Å². The Morgan fingerprint density at radius 1 is 1.25 bits per heavy atom. The summed E-state index contributed by atoms with van der Waals surface area (Å²) in [5, 5.41) is 6.22. The van der Waals surface area contributed by atoms with E-state index in [1.54, 1.807) is 10.9 Å². The third kappa shape index (κ3) is 3.44. The molecule has 4 aromatic rings. The first kappa shape index (κ1) is 19.7. The van der Waals surface area contributed by atoms with Gasteiger partial charge < -0.3 is 4.90 Å². The van der Waals surface area contributed by atoms with Gasteiger partial charge in [0.15, 0.2) is 5.65 Å². The zero-order valence-corrected chi connectivity index (χ0v) is 18.3. The van der Waals surface area contributed by atoms with Crippen LogP contribution < -0.4 is 0 Å². The molecule has 4 aromatic heterocycles. The fourth-order valence-electron chi connectivity index (χ4n) is 4.49. The number of amides is 1. The minimum Gasteiger partial charge on any atom is -0.332 e. The Bertz CT molecular complexity index is 1370. The summed E-state index contributed by atoms with van der Waals surface area (Å²) < 4.78 is 29.4. The maximum absolute atomic E-state index is 13.9. The second-order valence-electron chi connectivity index (χ2n) is 8.83. The number of likely N-dealkylation sites (tertiary alicyclic amines) is 1. The Morgan fingerprint density at radius 3 is 2.88 bits per heavy atom. The number of alkyl halides is 2. The highest BCUT2D eigenvalue weighted by molar-refractivity contribution is 7.20. The predicted octanol–water partition coefficient (Wildman–Crippen LogP) is 4.99. The quantitative estimate of drug-likeness (QED) is 0.438. The highest BCUT2D eigenvalue weighted by atomic mass is 32.1. The third-order valence-electron chi connectivity index (χ3n) is 6.21. The summed E-state index contributed by atoms with van der Waals surface area (Å²) in [6.07, 6.45) is 6.07. The average molecular weight is 454 g/mol. The number of hydrogen-bond donors (Lipinski definition) is 0. The minimum atomic E-state index is -2.81. The molecule has 1 saturated heterocycles. The topological polar surface area (TPSA) is 63.9 Å². The van der Waals surface area contributed by atoms with Crippen molar-refractivity contribution in [1.82, 2.24) is 24.6 Å². The van der Waals surface area contributed by atoms with E-state index in [-0.39, 0.29) is 12.3 Å². The van der Waals surface area contributed by atoms with Crippen molar-refractivity contribution < 1.29 is 13.6 Å². The molecule has 2 fully saturated rings. The van der Waals surface area contributed by atoms with Crippen molar-refractivity contribution in [2.45, 2.75) is 37.5 Å². The molecular weight excluding hydrogens is 432 g/mol. The number of pyridine rings is 2. The van der Waals surface area contributed by atoms with Crippen LogP contribution >= 0.6 is 11.3 Å². The van der Waals surface area contributed by atoms with Crippen LogP contribution in [-0.2, 0) is 7.05 Å². The zero-order chi connectivity index (χ0) is 22.0. The zero-order valence-electron chi connectivity index (χ0n) is 17.5. The van der Waals surface area contributed by atoms with Crippen molar-refractivity contribution in [1.29, 1.82) is 0 Å². The lowest BCUT2D eigenvalue weighted by atomic mass is 10.0. The molecule has 0 aromatic carbocycles. The second-order valence-corrected chi connectivity index (χ2v) is 9.86. The van der Waals surface area contributed by atoms with Crippen LogP contribution in [0.3, 0.4) is 0 Å². The monoisotopic (exact) mass is 453 g/mol. The number of fused-ring (bicyclic) bond motifs is 2. The highest BCUT2D eigenvalue weighted by Crippen LogP contribution is 2.45. The molecule has 0 unspecified atom stereocenters. The largest absolute Gasteiger partial charge is 0.332 e. The molecule has 1 saturated carbocycles. The van der Waals surface area contributed by atoms with E-state index < -0.39 is 12.5 Å². The van der Waals surface area contributed by atoms with Gasteiger partial charge in [0.05, 0.1) is 17.1 Å². The van der Waals surface area contributed by atoms with Crippen molar-refractivity contribution >= 4 is 38.5 Å². The van der Waals surface area contributed by atoms with Crippen molar-refractivity contribution in [3.8, 4) is 11.3 Å². The van der Waals surface area contributed by atoms with Crippen LogP contribution in [0.15, 0.2) is 30.6 Å². The van der Waals surface area contributed by atoms with Crippen LogP contribution in [-0.4, -0.2) is 49.6 Å². The minimum absolute atomic E-state index is 0.157. The van der Waals surface area contributed by atoms with Crippen LogP contribution in [0.2, 0.25) is 0 Å². The molecule has 0 atom stereocenters. The number of halogens is 2. The first-order valence-electron chi connectivity index (χ1n) is 10.8. The van der Waals surface area contributed by atoms with Crippen LogP contribution in [0, 0.1) is 0 Å². The fourth-order valence-corrected chi connectivity index (χ4v) is 5.52. The number of rotatable bonds is 3. The van der Waals surface area contributed by atoms with Gasteiger partial charge in [-0.05, 0) is 48.9 Å².